The highest BCUT2D eigenvalue weighted by Crippen LogP contribution is 2.69. The average molecular weight is 246 g/mol. The smallest absolute Gasteiger partial charge is 0.0321 e. The third kappa shape index (κ3) is 1.50. The number of rotatable bonds is 3. The van der Waals surface area contributed by atoms with Crippen molar-refractivity contribution < 1.29 is 0 Å². The zero-order valence-corrected chi connectivity index (χ0v) is 12.4. The largest absolute Gasteiger partial charge is 0.0625 e. The minimum absolute atomic E-state index is 0.889. The van der Waals surface area contributed by atoms with Gasteiger partial charge in [-0.25, -0.2) is 0 Å². The lowest BCUT2D eigenvalue weighted by Gasteiger charge is -2.39. The Morgan fingerprint density at radius 1 is 0.833 bits per heavy atom. The zero-order valence-electron chi connectivity index (χ0n) is 12.4. The van der Waals surface area contributed by atoms with E-state index in [1.54, 1.807) is 38.5 Å². The molecule has 0 heterocycles. The Kier molecular flexibility index (Phi) is 2.62. The van der Waals surface area contributed by atoms with Gasteiger partial charge in [0.1, 0.15) is 0 Å². The molecule has 0 aromatic rings. The summed E-state index contributed by atoms with van der Waals surface area (Å²) in [5, 5.41) is 0. The Balaban J connectivity index is 1.49. The van der Waals surface area contributed by atoms with Gasteiger partial charge in [0.2, 0.25) is 0 Å². The van der Waals surface area contributed by atoms with Crippen molar-refractivity contribution >= 4 is 0 Å². The summed E-state index contributed by atoms with van der Waals surface area (Å²) in [6.45, 7) is 7.32. The molecule has 0 amide bonds. The van der Waals surface area contributed by atoms with E-state index in [0.717, 1.165) is 23.7 Å². The summed E-state index contributed by atoms with van der Waals surface area (Å²) in [7, 11) is 0. The van der Waals surface area contributed by atoms with E-state index in [-0.39, 0.29) is 0 Å². The van der Waals surface area contributed by atoms with Gasteiger partial charge in [0.25, 0.3) is 0 Å². The van der Waals surface area contributed by atoms with Crippen LogP contribution in [0.25, 0.3) is 0 Å². The van der Waals surface area contributed by atoms with E-state index in [2.05, 4.69) is 20.8 Å². The molecule has 102 valence electrons. The maximum Gasteiger partial charge on any atom is -0.0321 e. The maximum absolute atomic E-state index is 2.49. The first kappa shape index (κ1) is 11.8. The summed E-state index contributed by atoms with van der Waals surface area (Å²) in [6.07, 6.45) is 9.63. The molecule has 4 aliphatic carbocycles. The lowest BCUT2D eigenvalue weighted by atomic mass is 9.65. The minimum atomic E-state index is 0.889. The fraction of sp³-hybridized carbons (Fsp3) is 1.00. The van der Waals surface area contributed by atoms with Crippen molar-refractivity contribution in [3.05, 3.63) is 0 Å². The summed E-state index contributed by atoms with van der Waals surface area (Å²) in [5.41, 5.74) is 0. The highest BCUT2D eigenvalue weighted by molar-refractivity contribution is 5.10. The van der Waals surface area contributed by atoms with Crippen molar-refractivity contribution in [2.45, 2.75) is 59.3 Å². The molecule has 0 saturated heterocycles. The van der Waals surface area contributed by atoms with E-state index in [1.165, 1.54) is 29.6 Å². The molecule has 0 heteroatoms. The molecule has 0 aromatic carbocycles. The maximum atomic E-state index is 2.49. The number of hydrogen-bond acceptors (Lipinski definition) is 0. The van der Waals surface area contributed by atoms with E-state index in [1.807, 2.05) is 0 Å². The van der Waals surface area contributed by atoms with Gasteiger partial charge in [0.15, 0.2) is 0 Å². The first-order valence-electron chi connectivity index (χ1n) is 8.65. The van der Waals surface area contributed by atoms with Crippen LogP contribution < -0.4 is 0 Å². The molecular weight excluding hydrogens is 216 g/mol. The molecule has 4 fully saturated rings. The predicted molar refractivity (Wildman–Crippen MR) is 76.1 cm³/mol. The molecule has 8 atom stereocenters. The van der Waals surface area contributed by atoms with Gasteiger partial charge in [-0.2, -0.15) is 0 Å². The Bertz CT molecular complexity index is 331. The lowest BCUT2D eigenvalue weighted by molar-refractivity contribution is 0.0899. The van der Waals surface area contributed by atoms with Gasteiger partial charge in [-0.05, 0) is 91.8 Å². The zero-order chi connectivity index (χ0) is 12.4. The summed E-state index contributed by atoms with van der Waals surface area (Å²) in [6, 6.07) is 0. The van der Waals surface area contributed by atoms with Crippen molar-refractivity contribution in [3.63, 3.8) is 0 Å². The van der Waals surface area contributed by atoms with Gasteiger partial charge in [-0.3, -0.25) is 0 Å². The van der Waals surface area contributed by atoms with Crippen LogP contribution in [-0.4, -0.2) is 0 Å². The number of hydrogen-bond donors (Lipinski definition) is 0. The second kappa shape index (κ2) is 4.00. The first-order valence-corrected chi connectivity index (χ1v) is 8.65. The standard InChI is InChI=1S/C18H30/c1-10(2)11(3)6-14-8-15-9-16(14)18-13-5-4-12(7-13)17(15)18/h10-18H,4-9H2,1-3H3/t11-,12?,13?,14?,15?,16?,17?,18?/m1/s1. The molecular formula is C18H30. The van der Waals surface area contributed by atoms with Crippen LogP contribution in [0, 0.1) is 53.3 Å². The second-order valence-electron chi connectivity index (χ2n) is 8.60. The molecule has 0 N–H and O–H groups in total. The first-order chi connectivity index (χ1) is 8.65. The van der Waals surface area contributed by atoms with E-state index < -0.39 is 0 Å². The van der Waals surface area contributed by atoms with Gasteiger partial charge in [0, 0.05) is 0 Å². The van der Waals surface area contributed by atoms with Crippen LogP contribution in [0.2, 0.25) is 0 Å². The SMILES string of the molecule is CC(C)[C@H](C)CC1CC2CC1C1C3CCC(C3)C21. The normalized spacial score (nSPS) is 54.3. The quantitative estimate of drug-likeness (QED) is 0.616. The van der Waals surface area contributed by atoms with Gasteiger partial charge >= 0.3 is 0 Å². The average Bonchev–Trinajstić information content (AvgIpc) is 3.06. The molecule has 18 heavy (non-hydrogen) atoms. The highest BCUT2D eigenvalue weighted by Gasteiger charge is 2.61. The molecule has 4 saturated carbocycles. The third-order valence-corrected chi connectivity index (χ3v) is 7.68. The van der Waals surface area contributed by atoms with Crippen LogP contribution in [0.3, 0.4) is 0 Å². The lowest BCUT2D eigenvalue weighted by Crippen LogP contribution is -2.33. The van der Waals surface area contributed by atoms with Crippen LogP contribution in [0.4, 0.5) is 0 Å². The van der Waals surface area contributed by atoms with Crippen LogP contribution in [0.1, 0.15) is 59.3 Å². The fourth-order valence-corrected chi connectivity index (χ4v) is 6.72. The molecule has 4 bridgehead atoms. The summed E-state index contributed by atoms with van der Waals surface area (Å²) >= 11 is 0. The van der Waals surface area contributed by atoms with Crippen LogP contribution >= 0.6 is 0 Å². The summed E-state index contributed by atoms with van der Waals surface area (Å²) < 4.78 is 0. The second-order valence-corrected chi connectivity index (χ2v) is 8.60. The van der Waals surface area contributed by atoms with Crippen LogP contribution in [0.15, 0.2) is 0 Å². The molecule has 7 unspecified atom stereocenters. The van der Waals surface area contributed by atoms with Crippen molar-refractivity contribution in [1.82, 2.24) is 0 Å². The highest BCUT2D eigenvalue weighted by atomic mass is 14.7. The van der Waals surface area contributed by atoms with Crippen molar-refractivity contribution in [1.29, 1.82) is 0 Å². The number of fused-ring (bicyclic) bond motifs is 9. The monoisotopic (exact) mass is 246 g/mol. The molecule has 0 aromatic heterocycles. The van der Waals surface area contributed by atoms with Crippen LogP contribution in [0.5, 0.6) is 0 Å². The fourth-order valence-electron chi connectivity index (χ4n) is 6.72. The molecule has 0 aliphatic heterocycles. The Hall–Kier alpha value is 0. The third-order valence-electron chi connectivity index (χ3n) is 7.68. The van der Waals surface area contributed by atoms with Crippen molar-refractivity contribution in [3.8, 4) is 0 Å². The van der Waals surface area contributed by atoms with Crippen LogP contribution in [-0.2, 0) is 0 Å². The van der Waals surface area contributed by atoms with E-state index >= 15 is 0 Å². The Morgan fingerprint density at radius 3 is 2.28 bits per heavy atom. The molecule has 4 rings (SSSR count). The van der Waals surface area contributed by atoms with E-state index in [4.69, 9.17) is 0 Å². The molecule has 0 radical (unpaired) electrons. The van der Waals surface area contributed by atoms with Crippen molar-refractivity contribution in [2.24, 2.45) is 53.3 Å². The molecule has 4 aliphatic rings. The van der Waals surface area contributed by atoms with E-state index in [0.29, 0.717) is 0 Å². The van der Waals surface area contributed by atoms with Gasteiger partial charge in [-0.1, -0.05) is 20.8 Å². The molecule has 0 spiro atoms. The van der Waals surface area contributed by atoms with Gasteiger partial charge < -0.3 is 0 Å². The topological polar surface area (TPSA) is 0 Å². The summed E-state index contributed by atoms with van der Waals surface area (Å²) in [4.78, 5) is 0. The predicted octanol–water partition coefficient (Wildman–Crippen LogP) is 4.99. The molecule has 0 nitrogen and oxygen atoms in total. The minimum Gasteiger partial charge on any atom is -0.0625 e. The van der Waals surface area contributed by atoms with E-state index in [9.17, 15) is 0 Å². The van der Waals surface area contributed by atoms with Gasteiger partial charge in [0.05, 0.1) is 0 Å². The Labute approximate surface area is 113 Å². The van der Waals surface area contributed by atoms with Crippen molar-refractivity contribution in [2.75, 3.05) is 0 Å². The summed E-state index contributed by atoms with van der Waals surface area (Å²) in [5.74, 6) is 10.0. The van der Waals surface area contributed by atoms with Gasteiger partial charge in [-0.15, -0.1) is 0 Å². The Morgan fingerprint density at radius 2 is 1.56 bits per heavy atom.